The van der Waals surface area contributed by atoms with Crippen LogP contribution in [0.2, 0.25) is 0 Å². The molecule has 1 atom stereocenters. The van der Waals surface area contributed by atoms with Crippen LogP contribution in [0.15, 0.2) is 66.2 Å². The van der Waals surface area contributed by atoms with Crippen molar-refractivity contribution in [3.05, 3.63) is 77.9 Å². The van der Waals surface area contributed by atoms with Gasteiger partial charge in [-0.1, -0.05) is 54.6 Å². The van der Waals surface area contributed by atoms with Crippen molar-refractivity contribution in [3.63, 3.8) is 0 Å². The van der Waals surface area contributed by atoms with E-state index in [-0.39, 0.29) is 6.10 Å². The smallest absolute Gasteiger partial charge is 0.216 e. The minimum atomic E-state index is -0.0621. The van der Waals surface area contributed by atoms with Crippen LogP contribution in [0.1, 0.15) is 16.7 Å². The zero-order chi connectivity index (χ0) is 13.9. The van der Waals surface area contributed by atoms with Gasteiger partial charge in [0.15, 0.2) is 0 Å². The number of hydrogen-bond acceptors (Lipinski definition) is 2. The molecule has 20 heavy (non-hydrogen) atoms. The van der Waals surface area contributed by atoms with Gasteiger partial charge in [0.05, 0.1) is 6.54 Å². The van der Waals surface area contributed by atoms with Gasteiger partial charge in [-0.05, 0) is 30.2 Å². The maximum atomic E-state index is 5.94. The maximum absolute atomic E-state index is 5.94. The fourth-order valence-corrected chi connectivity index (χ4v) is 2.25. The highest BCUT2D eigenvalue weighted by molar-refractivity contribution is 5.96. The molecule has 1 aliphatic rings. The van der Waals surface area contributed by atoms with Crippen molar-refractivity contribution in [2.75, 3.05) is 6.54 Å². The average Bonchev–Trinajstić information content (AvgIpc) is 2.98. The van der Waals surface area contributed by atoms with Crippen LogP contribution in [0.4, 0.5) is 0 Å². The van der Waals surface area contributed by atoms with E-state index in [9.17, 15) is 0 Å². The van der Waals surface area contributed by atoms with Gasteiger partial charge < -0.3 is 4.74 Å². The van der Waals surface area contributed by atoms with E-state index in [1.807, 2.05) is 30.3 Å². The summed E-state index contributed by atoms with van der Waals surface area (Å²) in [6.07, 6.45) is -0.0621. The van der Waals surface area contributed by atoms with E-state index in [0.717, 1.165) is 16.7 Å². The molecule has 0 radical (unpaired) electrons. The predicted molar refractivity (Wildman–Crippen MR) is 82.9 cm³/mol. The van der Waals surface area contributed by atoms with E-state index in [0.29, 0.717) is 12.4 Å². The van der Waals surface area contributed by atoms with Crippen molar-refractivity contribution < 1.29 is 4.74 Å². The predicted octanol–water partition coefficient (Wildman–Crippen LogP) is 3.85. The Balaban J connectivity index is 1.73. The lowest BCUT2D eigenvalue weighted by Crippen LogP contribution is -2.15. The summed E-state index contributed by atoms with van der Waals surface area (Å²) >= 11 is 0. The Morgan fingerprint density at radius 3 is 2.50 bits per heavy atom. The van der Waals surface area contributed by atoms with Gasteiger partial charge in [-0.15, -0.1) is 0 Å². The minimum absolute atomic E-state index is 0.0621. The van der Waals surface area contributed by atoms with Crippen LogP contribution in [-0.2, 0) is 4.74 Å². The van der Waals surface area contributed by atoms with E-state index in [2.05, 4.69) is 42.8 Å². The van der Waals surface area contributed by atoms with Crippen molar-refractivity contribution in [2.24, 2.45) is 4.99 Å². The summed E-state index contributed by atoms with van der Waals surface area (Å²) in [4.78, 5) is 4.49. The molecule has 1 heterocycles. The molecule has 1 aliphatic heterocycles. The first-order chi connectivity index (χ1) is 9.74. The van der Waals surface area contributed by atoms with Gasteiger partial charge in [-0.2, -0.15) is 0 Å². The zero-order valence-corrected chi connectivity index (χ0v) is 11.5. The van der Waals surface area contributed by atoms with Crippen LogP contribution in [-0.4, -0.2) is 18.5 Å². The molecule has 1 unspecified atom stereocenters. The van der Waals surface area contributed by atoms with Crippen LogP contribution in [0.5, 0.6) is 0 Å². The second-order valence-electron chi connectivity index (χ2n) is 5.01. The molecule has 2 nitrogen and oxygen atoms in total. The number of ether oxygens (including phenoxy) is 1. The highest BCUT2D eigenvalue weighted by Crippen LogP contribution is 2.24. The third-order valence-corrected chi connectivity index (χ3v) is 3.49. The van der Waals surface area contributed by atoms with Gasteiger partial charge in [0.2, 0.25) is 5.90 Å². The molecular formula is C18H17NO. The lowest BCUT2D eigenvalue weighted by atomic mass is 10.0. The average molecular weight is 263 g/mol. The first-order valence-corrected chi connectivity index (χ1v) is 6.76. The normalized spacial score (nSPS) is 17.4. The summed E-state index contributed by atoms with van der Waals surface area (Å²) in [6, 6.07) is 18.3. The molecule has 0 bridgehead atoms. The van der Waals surface area contributed by atoms with Gasteiger partial charge in [0.1, 0.15) is 6.10 Å². The first kappa shape index (κ1) is 12.7. The Kier molecular flexibility index (Phi) is 3.38. The number of hydrogen-bond donors (Lipinski definition) is 0. The Labute approximate surface area is 119 Å². The molecule has 2 aromatic rings. The Hall–Kier alpha value is -2.35. The zero-order valence-electron chi connectivity index (χ0n) is 11.5. The lowest BCUT2D eigenvalue weighted by molar-refractivity contribution is 0.284. The number of benzene rings is 2. The monoisotopic (exact) mass is 263 g/mol. The number of aryl methyl sites for hydroxylation is 1. The van der Waals surface area contributed by atoms with E-state index in [1.165, 1.54) is 5.56 Å². The topological polar surface area (TPSA) is 21.6 Å². The van der Waals surface area contributed by atoms with Crippen molar-refractivity contribution >= 4 is 11.5 Å². The van der Waals surface area contributed by atoms with E-state index in [1.54, 1.807) is 0 Å². The molecule has 0 fully saturated rings. The standard InChI is InChI=1S/C18H17NO/c1-13-8-10-15(11-9-13)14(2)17-12-19-18(20-17)16-6-4-3-5-7-16/h3-11,17H,2,12H2,1H3. The number of nitrogens with zero attached hydrogens (tertiary/aromatic N) is 1. The largest absolute Gasteiger partial charge is 0.467 e. The Morgan fingerprint density at radius 1 is 1.10 bits per heavy atom. The van der Waals surface area contributed by atoms with Gasteiger partial charge >= 0.3 is 0 Å². The summed E-state index contributed by atoms with van der Waals surface area (Å²) in [5.74, 6) is 0.712. The number of rotatable bonds is 3. The fourth-order valence-electron chi connectivity index (χ4n) is 2.25. The van der Waals surface area contributed by atoms with Crippen LogP contribution in [0, 0.1) is 6.92 Å². The van der Waals surface area contributed by atoms with E-state index >= 15 is 0 Å². The highest BCUT2D eigenvalue weighted by atomic mass is 16.5. The van der Waals surface area contributed by atoms with E-state index in [4.69, 9.17) is 4.74 Å². The molecule has 0 saturated carbocycles. The summed E-state index contributed by atoms with van der Waals surface area (Å²) in [7, 11) is 0. The molecule has 0 N–H and O–H groups in total. The van der Waals surface area contributed by atoms with Crippen molar-refractivity contribution in [1.82, 2.24) is 0 Å². The minimum Gasteiger partial charge on any atom is -0.467 e. The quantitative estimate of drug-likeness (QED) is 0.824. The van der Waals surface area contributed by atoms with Crippen LogP contribution in [0.25, 0.3) is 5.57 Å². The molecule has 3 rings (SSSR count). The number of aliphatic imine (C=N–C) groups is 1. The molecule has 0 aromatic heterocycles. The molecular weight excluding hydrogens is 246 g/mol. The van der Waals surface area contributed by atoms with Gasteiger partial charge in [0.25, 0.3) is 0 Å². The van der Waals surface area contributed by atoms with Gasteiger partial charge in [0, 0.05) is 5.56 Å². The molecule has 0 spiro atoms. The van der Waals surface area contributed by atoms with Crippen LogP contribution < -0.4 is 0 Å². The SMILES string of the molecule is C=C(c1ccc(C)cc1)C1CN=C(c2ccccc2)O1. The first-order valence-electron chi connectivity index (χ1n) is 6.76. The summed E-state index contributed by atoms with van der Waals surface area (Å²) in [6.45, 7) is 6.88. The molecule has 2 heteroatoms. The van der Waals surface area contributed by atoms with Gasteiger partial charge in [-0.3, -0.25) is 0 Å². The Bertz CT molecular complexity index is 641. The van der Waals surface area contributed by atoms with E-state index < -0.39 is 0 Å². The second kappa shape index (κ2) is 5.33. The third-order valence-electron chi connectivity index (χ3n) is 3.49. The maximum Gasteiger partial charge on any atom is 0.216 e. The summed E-state index contributed by atoms with van der Waals surface area (Å²) in [5.41, 5.74) is 4.37. The fraction of sp³-hybridized carbons (Fsp3) is 0.167. The molecule has 0 saturated heterocycles. The van der Waals surface area contributed by atoms with Crippen LogP contribution in [0.3, 0.4) is 0 Å². The molecule has 0 aliphatic carbocycles. The van der Waals surface area contributed by atoms with Crippen molar-refractivity contribution in [3.8, 4) is 0 Å². The lowest BCUT2D eigenvalue weighted by Gasteiger charge is -2.14. The second-order valence-corrected chi connectivity index (χ2v) is 5.01. The van der Waals surface area contributed by atoms with Crippen LogP contribution >= 0.6 is 0 Å². The molecule has 0 amide bonds. The van der Waals surface area contributed by atoms with Crippen molar-refractivity contribution in [2.45, 2.75) is 13.0 Å². The van der Waals surface area contributed by atoms with Crippen molar-refractivity contribution in [1.29, 1.82) is 0 Å². The highest BCUT2D eigenvalue weighted by Gasteiger charge is 2.24. The van der Waals surface area contributed by atoms with Gasteiger partial charge in [-0.25, -0.2) is 4.99 Å². The summed E-state index contributed by atoms with van der Waals surface area (Å²) in [5, 5.41) is 0. The Morgan fingerprint density at radius 2 is 1.80 bits per heavy atom. The molecule has 100 valence electrons. The summed E-state index contributed by atoms with van der Waals surface area (Å²) < 4.78 is 5.94. The third kappa shape index (κ3) is 2.50. The molecule has 2 aromatic carbocycles.